The molecule has 0 fully saturated rings. The molecule has 0 aromatic rings. The summed E-state index contributed by atoms with van der Waals surface area (Å²) in [6, 6.07) is 0. The van der Waals surface area contributed by atoms with Crippen LogP contribution in [0.3, 0.4) is 0 Å². The Morgan fingerprint density at radius 3 is 0.835 bits per heavy atom. The van der Waals surface area contributed by atoms with Crippen molar-refractivity contribution >= 4 is 39.5 Å². The van der Waals surface area contributed by atoms with Gasteiger partial charge in [0.2, 0.25) is 0 Å². The van der Waals surface area contributed by atoms with Gasteiger partial charge < -0.3 is 33.8 Å². The fourth-order valence-corrected chi connectivity index (χ4v) is 11.3. The maximum absolute atomic E-state index is 13.0. The summed E-state index contributed by atoms with van der Waals surface area (Å²) in [6.45, 7) is 14.0. The molecule has 0 bridgehead atoms. The molecule has 0 rings (SSSR count). The van der Waals surface area contributed by atoms with E-state index in [1.165, 1.54) is 109 Å². The minimum atomic E-state index is -4.95. The second kappa shape index (κ2) is 56.1. The van der Waals surface area contributed by atoms with Crippen LogP contribution in [0.2, 0.25) is 0 Å². The zero-order chi connectivity index (χ0) is 63.2. The van der Waals surface area contributed by atoms with E-state index in [0.29, 0.717) is 31.6 Å². The Labute approximate surface area is 517 Å². The van der Waals surface area contributed by atoms with E-state index in [1.54, 1.807) is 0 Å². The van der Waals surface area contributed by atoms with E-state index >= 15 is 0 Å². The SMILES string of the molecule is CCC(C)CCCCCCCCC(=O)OC[C@H](COP(=O)(O)OC[C@@H](O)COP(=O)(O)OC[C@@H](COC(=O)CCCCCCCCC(C)CC)OC(=O)CCCCCCCCCC(C)C)OC(=O)CCCCCCCCCCCCCCC(C)C. The number of hydrogen-bond acceptors (Lipinski definition) is 15. The number of unbranched alkanes of at least 4 members (excludes halogenated alkanes) is 27. The lowest BCUT2D eigenvalue weighted by atomic mass is 10.00. The van der Waals surface area contributed by atoms with Crippen molar-refractivity contribution in [1.29, 1.82) is 0 Å². The van der Waals surface area contributed by atoms with Crippen LogP contribution in [0.1, 0.15) is 319 Å². The molecular weight excluding hydrogens is 1130 g/mol. The molecule has 85 heavy (non-hydrogen) atoms. The van der Waals surface area contributed by atoms with Crippen LogP contribution in [-0.2, 0) is 65.4 Å². The Morgan fingerprint density at radius 1 is 0.329 bits per heavy atom. The molecule has 504 valence electrons. The van der Waals surface area contributed by atoms with E-state index in [1.807, 2.05) is 0 Å². The average Bonchev–Trinajstić information content (AvgIpc) is 3.52. The van der Waals surface area contributed by atoms with Gasteiger partial charge in [0, 0.05) is 25.7 Å². The molecule has 0 saturated heterocycles. The quantitative estimate of drug-likeness (QED) is 0.0222. The first-order valence-electron chi connectivity index (χ1n) is 34.3. The molecule has 3 N–H and O–H groups in total. The first-order chi connectivity index (χ1) is 40.7. The predicted octanol–water partition coefficient (Wildman–Crippen LogP) is 18.1. The number of carbonyl (C=O) groups excluding carboxylic acids is 4. The van der Waals surface area contributed by atoms with Gasteiger partial charge in [-0.15, -0.1) is 0 Å². The highest BCUT2D eigenvalue weighted by Gasteiger charge is 2.30. The number of carbonyl (C=O) groups is 4. The van der Waals surface area contributed by atoms with Gasteiger partial charge in [0.25, 0.3) is 0 Å². The van der Waals surface area contributed by atoms with Crippen molar-refractivity contribution in [2.24, 2.45) is 23.7 Å². The topological polar surface area (TPSA) is 237 Å². The summed E-state index contributed by atoms with van der Waals surface area (Å²) in [5, 5.41) is 10.5. The van der Waals surface area contributed by atoms with Gasteiger partial charge in [-0.05, 0) is 49.4 Å². The zero-order valence-corrected chi connectivity index (χ0v) is 57.0. The fraction of sp³-hybridized carbons (Fsp3) is 0.939. The standard InChI is InChI=1S/C66H128O17P2/c1-9-58(7)44-36-28-22-24-30-38-46-63(68)76-52-61(82-65(70)48-40-32-20-16-14-12-11-13-15-18-26-34-42-56(3)4)54-80-84(72,73)78-50-60(67)51-79-85(74,75)81-55-62(83-66(71)49-41-33-21-17-19-27-35-43-57(5)6)53-77-64(69)47-39-31-25-23-29-37-45-59(8)10-2/h56-62,67H,9-55H2,1-8H3,(H,72,73)(H,74,75)/t58?,59?,60-,61-,62-/m1/s1. The minimum absolute atomic E-state index is 0.102. The van der Waals surface area contributed by atoms with Gasteiger partial charge in [-0.1, -0.05) is 267 Å². The number of aliphatic hydroxyl groups is 1. The van der Waals surface area contributed by atoms with Gasteiger partial charge in [-0.25, -0.2) is 9.13 Å². The third-order valence-electron chi connectivity index (χ3n) is 15.8. The average molecular weight is 1260 g/mol. The summed E-state index contributed by atoms with van der Waals surface area (Å²) < 4.78 is 68.1. The summed E-state index contributed by atoms with van der Waals surface area (Å²) in [5.74, 6) is 0.795. The Balaban J connectivity index is 5.25. The van der Waals surface area contributed by atoms with Crippen LogP contribution in [0.25, 0.3) is 0 Å². The number of aliphatic hydroxyl groups excluding tert-OH is 1. The van der Waals surface area contributed by atoms with Crippen LogP contribution in [-0.4, -0.2) is 96.7 Å². The van der Waals surface area contributed by atoms with E-state index in [4.69, 9.17) is 37.0 Å². The number of phosphoric acid groups is 2. The zero-order valence-electron chi connectivity index (χ0n) is 55.2. The molecule has 0 spiro atoms. The van der Waals surface area contributed by atoms with Gasteiger partial charge >= 0.3 is 39.5 Å². The molecule has 0 aliphatic heterocycles. The first-order valence-corrected chi connectivity index (χ1v) is 37.3. The molecule has 0 aromatic carbocycles. The third kappa shape index (κ3) is 58.2. The van der Waals surface area contributed by atoms with Gasteiger partial charge in [-0.2, -0.15) is 0 Å². The van der Waals surface area contributed by atoms with Crippen LogP contribution in [0, 0.1) is 23.7 Å². The normalized spacial score (nSPS) is 15.0. The molecule has 19 heteroatoms. The van der Waals surface area contributed by atoms with E-state index in [9.17, 15) is 43.2 Å². The van der Waals surface area contributed by atoms with E-state index in [-0.39, 0.29) is 25.7 Å². The lowest BCUT2D eigenvalue weighted by Gasteiger charge is -2.21. The van der Waals surface area contributed by atoms with Gasteiger partial charge in [0.15, 0.2) is 12.2 Å². The number of esters is 4. The summed E-state index contributed by atoms with van der Waals surface area (Å²) in [6.07, 6.45) is 36.3. The highest BCUT2D eigenvalue weighted by atomic mass is 31.2. The monoisotopic (exact) mass is 1250 g/mol. The number of rotatable bonds is 63. The van der Waals surface area contributed by atoms with E-state index < -0.39 is 97.5 Å². The molecule has 0 heterocycles. The molecule has 0 amide bonds. The summed E-state index contributed by atoms with van der Waals surface area (Å²) in [5.41, 5.74) is 0. The van der Waals surface area contributed by atoms with Crippen molar-refractivity contribution in [3.63, 3.8) is 0 Å². The van der Waals surface area contributed by atoms with Crippen molar-refractivity contribution in [2.75, 3.05) is 39.6 Å². The number of hydrogen-bond donors (Lipinski definition) is 3. The maximum atomic E-state index is 13.0. The van der Waals surface area contributed by atoms with Crippen LogP contribution < -0.4 is 0 Å². The van der Waals surface area contributed by atoms with Gasteiger partial charge in [0.1, 0.15) is 19.3 Å². The Bertz CT molecular complexity index is 1700. The third-order valence-corrected chi connectivity index (χ3v) is 17.7. The van der Waals surface area contributed by atoms with Crippen LogP contribution in [0.15, 0.2) is 0 Å². The second-order valence-electron chi connectivity index (χ2n) is 25.3. The first kappa shape index (κ1) is 83.1. The number of phosphoric ester groups is 2. The smallest absolute Gasteiger partial charge is 0.462 e. The van der Waals surface area contributed by atoms with Crippen molar-refractivity contribution in [1.82, 2.24) is 0 Å². The minimum Gasteiger partial charge on any atom is -0.462 e. The summed E-state index contributed by atoms with van der Waals surface area (Å²) in [4.78, 5) is 72.3. The summed E-state index contributed by atoms with van der Waals surface area (Å²) in [7, 11) is -9.89. The highest BCUT2D eigenvalue weighted by Crippen LogP contribution is 2.45. The molecule has 0 aliphatic carbocycles. The molecule has 4 unspecified atom stereocenters. The molecule has 0 aromatic heterocycles. The Kier molecular flexibility index (Phi) is 54.8. The van der Waals surface area contributed by atoms with Crippen LogP contribution in [0.5, 0.6) is 0 Å². The molecular formula is C66H128O17P2. The molecule has 17 nitrogen and oxygen atoms in total. The second-order valence-corrected chi connectivity index (χ2v) is 28.2. The molecule has 0 saturated carbocycles. The van der Waals surface area contributed by atoms with Crippen LogP contribution in [0.4, 0.5) is 0 Å². The van der Waals surface area contributed by atoms with Crippen molar-refractivity contribution in [2.45, 2.75) is 337 Å². The Hall–Kier alpha value is -1.94. The lowest BCUT2D eigenvalue weighted by molar-refractivity contribution is -0.161. The Morgan fingerprint density at radius 2 is 0.565 bits per heavy atom. The highest BCUT2D eigenvalue weighted by molar-refractivity contribution is 7.47. The predicted molar refractivity (Wildman–Crippen MR) is 340 cm³/mol. The summed E-state index contributed by atoms with van der Waals surface area (Å²) >= 11 is 0. The van der Waals surface area contributed by atoms with Crippen molar-refractivity contribution < 1.29 is 80.2 Å². The lowest BCUT2D eigenvalue weighted by Crippen LogP contribution is -2.30. The van der Waals surface area contributed by atoms with Crippen molar-refractivity contribution in [3.05, 3.63) is 0 Å². The van der Waals surface area contributed by atoms with Gasteiger partial charge in [0.05, 0.1) is 26.4 Å². The van der Waals surface area contributed by atoms with Gasteiger partial charge in [-0.3, -0.25) is 37.3 Å². The largest absolute Gasteiger partial charge is 0.472 e. The molecule has 0 radical (unpaired) electrons. The fourth-order valence-electron chi connectivity index (χ4n) is 9.72. The maximum Gasteiger partial charge on any atom is 0.472 e. The number of ether oxygens (including phenoxy) is 4. The van der Waals surface area contributed by atoms with E-state index in [2.05, 4.69) is 55.4 Å². The van der Waals surface area contributed by atoms with E-state index in [0.717, 1.165) is 120 Å². The van der Waals surface area contributed by atoms with Crippen LogP contribution >= 0.6 is 15.6 Å². The van der Waals surface area contributed by atoms with Crippen molar-refractivity contribution in [3.8, 4) is 0 Å². The molecule has 7 atom stereocenters. The molecule has 0 aliphatic rings.